The first-order valence-electron chi connectivity index (χ1n) is 5.41. The Kier molecular flexibility index (Phi) is 5.22. The van der Waals surface area contributed by atoms with E-state index in [1.807, 2.05) is 0 Å². The molecule has 0 radical (unpaired) electrons. The van der Waals surface area contributed by atoms with Gasteiger partial charge in [-0.15, -0.1) is 6.42 Å². The molecule has 1 aromatic carbocycles. The molecule has 19 heavy (non-hydrogen) atoms. The first-order chi connectivity index (χ1) is 8.93. The molecule has 2 amide bonds. The number of anilines is 1. The highest BCUT2D eigenvalue weighted by molar-refractivity contribution is 6.31. The number of terminal acetylenes is 1. The normalized spacial score (nSPS) is 9.53. The van der Waals surface area contributed by atoms with Crippen LogP contribution in [-0.4, -0.2) is 35.1 Å². The molecular formula is C13H13ClN2O3. The number of carboxylic acids is 1. The van der Waals surface area contributed by atoms with E-state index in [0.717, 1.165) is 10.5 Å². The number of rotatable bonds is 4. The second-order valence-electron chi connectivity index (χ2n) is 3.84. The molecule has 0 aliphatic carbocycles. The van der Waals surface area contributed by atoms with Crippen molar-refractivity contribution in [3.05, 3.63) is 28.8 Å². The largest absolute Gasteiger partial charge is 0.480 e. The molecule has 0 aromatic heterocycles. The van der Waals surface area contributed by atoms with Gasteiger partial charge in [0.05, 0.1) is 6.54 Å². The monoisotopic (exact) mass is 280 g/mol. The summed E-state index contributed by atoms with van der Waals surface area (Å²) in [5.74, 6) is 1.11. The zero-order valence-electron chi connectivity index (χ0n) is 10.3. The van der Waals surface area contributed by atoms with Crippen molar-refractivity contribution in [1.82, 2.24) is 4.90 Å². The van der Waals surface area contributed by atoms with Crippen LogP contribution in [0.4, 0.5) is 10.5 Å². The lowest BCUT2D eigenvalue weighted by Crippen LogP contribution is -2.39. The third kappa shape index (κ3) is 4.53. The minimum atomic E-state index is -1.13. The Balaban J connectivity index is 2.84. The van der Waals surface area contributed by atoms with Crippen LogP contribution in [0.1, 0.15) is 5.56 Å². The van der Waals surface area contributed by atoms with E-state index in [4.69, 9.17) is 23.1 Å². The summed E-state index contributed by atoms with van der Waals surface area (Å²) < 4.78 is 0. The molecule has 0 spiro atoms. The second kappa shape index (κ2) is 6.66. The number of aliphatic carboxylic acids is 1. The van der Waals surface area contributed by atoms with E-state index in [0.29, 0.717) is 10.7 Å². The van der Waals surface area contributed by atoms with E-state index in [1.54, 1.807) is 25.1 Å². The number of nitrogens with one attached hydrogen (secondary N) is 1. The summed E-state index contributed by atoms with van der Waals surface area (Å²) in [5, 5.41) is 11.8. The number of amides is 2. The summed E-state index contributed by atoms with van der Waals surface area (Å²) in [7, 11) is 0. The fourth-order valence-electron chi connectivity index (χ4n) is 1.40. The Labute approximate surface area is 116 Å². The number of carbonyl (C=O) groups is 2. The van der Waals surface area contributed by atoms with Gasteiger partial charge >= 0.3 is 12.0 Å². The van der Waals surface area contributed by atoms with Crippen LogP contribution in [-0.2, 0) is 4.79 Å². The van der Waals surface area contributed by atoms with E-state index in [1.165, 1.54) is 0 Å². The molecule has 6 heteroatoms. The molecule has 100 valence electrons. The van der Waals surface area contributed by atoms with Gasteiger partial charge in [0, 0.05) is 10.7 Å². The van der Waals surface area contributed by atoms with Gasteiger partial charge in [-0.05, 0) is 24.6 Å². The van der Waals surface area contributed by atoms with Crippen LogP contribution in [0.3, 0.4) is 0 Å². The van der Waals surface area contributed by atoms with E-state index >= 15 is 0 Å². The predicted molar refractivity (Wildman–Crippen MR) is 73.2 cm³/mol. The number of urea groups is 1. The fraction of sp³-hybridized carbons (Fsp3) is 0.231. The number of carbonyl (C=O) groups excluding carboxylic acids is 1. The summed E-state index contributed by atoms with van der Waals surface area (Å²) in [6.45, 7) is 1.25. The molecule has 0 aliphatic rings. The maximum absolute atomic E-state index is 11.9. The maximum Gasteiger partial charge on any atom is 0.323 e. The lowest BCUT2D eigenvalue weighted by Gasteiger charge is -2.19. The minimum Gasteiger partial charge on any atom is -0.480 e. The van der Waals surface area contributed by atoms with Crippen molar-refractivity contribution in [1.29, 1.82) is 0 Å². The van der Waals surface area contributed by atoms with Gasteiger partial charge in [-0.2, -0.15) is 0 Å². The lowest BCUT2D eigenvalue weighted by molar-refractivity contribution is -0.137. The Morgan fingerprint density at radius 3 is 2.79 bits per heavy atom. The van der Waals surface area contributed by atoms with E-state index in [9.17, 15) is 9.59 Å². The summed E-state index contributed by atoms with van der Waals surface area (Å²) in [4.78, 5) is 23.6. The number of hydrogen-bond donors (Lipinski definition) is 2. The third-order valence-corrected chi connectivity index (χ3v) is 2.57. The number of hydrogen-bond acceptors (Lipinski definition) is 2. The molecule has 0 atom stereocenters. The fourth-order valence-corrected chi connectivity index (χ4v) is 1.57. The molecule has 0 bridgehead atoms. The van der Waals surface area contributed by atoms with Crippen molar-refractivity contribution in [2.75, 3.05) is 18.4 Å². The van der Waals surface area contributed by atoms with Gasteiger partial charge in [0.2, 0.25) is 0 Å². The topological polar surface area (TPSA) is 69.6 Å². The predicted octanol–water partition coefficient (Wildman–Crippen LogP) is 2.20. The molecule has 1 aromatic rings. The molecule has 5 nitrogen and oxygen atoms in total. The Hall–Kier alpha value is -2.19. The van der Waals surface area contributed by atoms with Gasteiger partial charge in [-0.1, -0.05) is 23.6 Å². The van der Waals surface area contributed by atoms with E-state index in [-0.39, 0.29) is 6.54 Å². The molecule has 1 rings (SSSR count). The number of halogens is 1. The molecule has 0 saturated carbocycles. The van der Waals surface area contributed by atoms with Crippen LogP contribution in [0.2, 0.25) is 5.02 Å². The smallest absolute Gasteiger partial charge is 0.323 e. The van der Waals surface area contributed by atoms with Crippen molar-refractivity contribution >= 4 is 29.3 Å². The van der Waals surface area contributed by atoms with Crippen molar-refractivity contribution in [2.45, 2.75) is 6.92 Å². The van der Waals surface area contributed by atoms with E-state index in [2.05, 4.69) is 11.2 Å². The van der Waals surface area contributed by atoms with Crippen LogP contribution < -0.4 is 5.32 Å². The molecule has 0 heterocycles. The van der Waals surface area contributed by atoms with Crippen LogP contribution in [0, 0.1) is 19.3 Å². The lowest BCUT2D eigenvalue weighted by atomic mass is 10.2. The average molecular weight is 281 g/mol. The Bertz CT molecular complexity index is 537. The van der Waals surface area contributed by atoms with E-state index < -0.39 is 18.5 Å². The van der Waals surface area contributed by atoms with Gasteiger partial charge < -0.3 is 15.3 Å². The SMILES string of the molecule is C#CCN(CC(=O)O)C(=O)Nc1cc(Cl)ccc1C. The van der Waals surface area contributed by atoms with Gasteiger partial charge in [-0.3, -0.25) is 4.79 Å². The quantitative estimate of drug-likeness (QED) is 0.831. The minimum absolute atomic E-state index is 0.0856. The zero-order chi connectivity index (χ0) is 14.4. The van der Waals surface area contributed by atoms with Gasteiger partial charge in [-0.25, -0.2) is 4.79 Å². The summed E-state index contributed by atoms with van der Waals surface area (Å²) in [6.07, 6.45) is 5.10. The number of benzene rings is 1. The van der Waals surface area contributed by atoms with Crippen LogP contribution in [0.15, 0.2) is 18.2 Å². The van der Waals surface area contributed by atoms with Crippen LogP contribution >= 0.6 is 11.6 Å². The van der Waals surface area contributed by atoms with Crippen molar-refractivity contribution in [3.63, 3.8) is 0 Å². The second-order valence-corrected chi connectivity index (χ2v) is 4.28. The first kappa shape index (κ1) is 14.9. The van der Waals surface area contributed by atoms with Crippen molar-refractivity contribution < 1.29 is 14.7 Å². The average Bonchev–Trinajstić information content (AvgIpc) is 2.32. The molecule has 2 N–H and O–H groups in total. The molecule has 0 saturated heterocycles. The Morgan fingerprint density at radius 1 is 1.53 bits per heavy atom. The van der Waals surface area contributed by atoms with Gasteiger partial charge in [0.25, 0.3) is 0 Å². The molecule has 0 aliphatic heterocycles. The number of carboxylic acid groups (broad SMARTS) is 1. The summed E-state index contributed by atoms with van der Waals surface area (Å²) in [5.41, 5.74) is 1.33. The molecule has 0 unspecified atom stereocenters. The number of aryl methyl sites for hydroxylation is 1. The van der Waals surface area contributed by atoms with Gasteiger partial charge in [0.1, 0.15) is 6.54 Å². The summed E-state index contributed by atoms with van der Waals surface area (Å²) >= 11 is 5.83. The Morgan fingerprint density at radius 2 is 2.21 bits per heavy atom. The third-order valence-electron chi connectivity index (χ3n) is 2.34. The zero-order valence-corrected chi connectivity index (χ0v) is 11.1. The highest BCUT2D eigenvalue weighted by Crippen LogP contribution is 2.20. The highest BCUT2D eigenvalue weighted by Gasteiger charge is 2.16. The van der Waals surface area contributed by atoms with Crippen LogP contribution in [0.25, 0.3) is 0 Å². The van der Waals surface area contributed by atoms with Gasteiger partial charge in [0.15, 0.2) is 0 Å². The van der Waals surface area contributed by atoms with Crippen molar-refractivity contribution in [3.8, 4) is 12.3 Å². The van der Waals surface area contributed by atoms with Crippen molar-refractivity contribution in [2.24, 2.45) is 0 Å². The first-order valence-corrected chi connectivity index (χ1v) is 5.79. The number of nitrogens with zero attached hydrogens (tertiary/aromatic N) is 1. The standard InChI is InChI=1S/C13H13ClN2O3/c1-3-6-16(8-12(17)18)13(19)15-11-7-10(14)5-4-9(11)2/h1,4-5,7H,6,8H2,2H3,(H,15,19)(H,17,18). The summed E-state index contributed by atoms with van der Waals surface area (Å²) in [6, 6.07) is 4.46. The maximum atomic E-state index is 11.9. The molecular weight excluding hydrogens is 268 g/mol. The van der Waals surface area contributed by atoms with Crippen LogP contribution in [0.5, 0.6) is 0 Å². The highest BCUT2D eigenvalue weighted by atomic mass is 35.5. The molecule has 0 fully saturated rings.